The van der Waals surface area contributed by atoms with Crippen molar-refractivity contribution >= 4 is 0 Å². The smallest absolute Gasteiger partial charge is 0.0790 e. The van der Waals surface area contributed by atoms with Gasteiger partial charge in [0.15, 0.2) is 0 Å². The Labute approximate surface area is 99.5 Å². The van der Waals surface area contributed by atoms with E-state index in [1.807, 2.05) is 0 Å². The summed E-state index contributed by atoms with van der Waals surface area (Å²) in [6.07, 6.45) is 8.13. The normalized spacial score (nSPS) is 25.7. The first-order valence-corrected chi connectivity index (χ1v) is 6.91. The summed E-state index contributed by atoms with van der Waals surface area (Å²) in [6, 6.07) is 1.27. The summed E-state index contributed by atoms with van der Waals surface area (Å²) in [5.74, 6) is 0. The second-order valence-electron chi connectivity index (χ2n) is 5.55. The molecule has 0 aromatic rings. The predicted molar refractivity (Wildman–Crippen MR) is 66.2 cm³/mol. The standard InChI is InChI=1S/C13H26N2O/c1-11(2)15-9-7-12(8-10-15)14-16-13-5-3-4-6-13/h11-14H,3-10H2,1-2H3. The summed E-state index contributed by atoms with van der Waals surface area (Å²) < 4.78 is 0. The molecular formula is C13H26N2O. The number of rotatable bonds is 4. The molecule has 94 valence electrons. The van der Waals surface area contributed by atoms with Crippen LogP contribution in [0.2, 0.25) is 0 Å². The Balaban J connectivity index is 1.61. The van der Waals surface area contributed by atoms with Gasteiger partial charge >= 0.3 is 0 Å². The second-order valence-corrected chi connectivity index (χ2v) is 5.55. The minimum atomic E-state index is 0.489. The minimum absolute atomic E-state index is 0.489. The van der Waals surface area contributed by atoms with E-state index in [0.29, 0.717) is 18.2 Å². The lowest BCUT2D eigenvalue weighted by Gasteiger charge is -2.35. The van der Waals surface area contributed by atoms with Crippen LogP contribution in [0.25, 0.3) is 0 Å². The van der Waals surface area contributed by atoms with E-state index in [0.717, 1.165) is 0 Å². The Morgan fingerprint density at radius 1 is 1.06 bits per heavy atom. The molecule has 2 aliphatic rings. The number of hydrogen-bond donors (Lipinski definition) is 1. The first kappa shape index (κ1) is 12.3. The van der Waals surface area contributed by atoms with Gasteiger partial charge in [0.05, 0.1) is 6.10 Å². The van der Waals surface area contributed by atoms with Crippen LogP contribution in [-0.4, -0.2) is 36.2 Å². The molecule has 2 rings (SSSR count). The van der Waals surface area contributed by atoms with Crippen LogP contribution in [-0.2, 0) is 4.84 Å². The third-order valence-corrected chi connectivity index (χ3v) is 3.96. The molecule has 1 saturated heterocycles. The van der Waals surface area contributed by atoms with Gasteiger partial charge in [-0.3, -0.25) is 4.84 Å². The van der Waals surface area contributed by atoms with Crippen molar-refractivity contribution in [2.45, 2.75) is 70.6 Å². The van der Waals surface area contributed by atoms with Gasteiger partial charge in [0.2, 0.25) is 0 Å². The third-order valence-electron chi connectivity index (χ3n) is 3.96. The average Bonchev–Trinajstić information content (AvgIpc) is 2.80. The van der Waals surface area contributed by atoms with E-state index in [-0.39, 0.29) is 0 Å². The lowest BCUT2D eigenvalue weighted by Crippen LogP contribution is -2.45. The van der Waals surface area contributed by atoms with Gasteiger partial charge < -0.3 is 4.90 Å². The molecule has 0 radical (unpaired) electrons. The molecule has 1 aliphatic heterocycles. The van der Waals surface area contributed by atoms with E-state index in [1.54, 1.807) is 0 Å². The number of hydrogen-bond acceptors (Lipinski definition) is 3. The molecule has 16 heavy (non-hydrogen) atoms. The molecule has 0 unspecified atom stereocenters. The number of piperidine rings is 1. The molecule has 0 amide bonds. The quantitative estimate of drug-likeness (QED) is 0.745. The van der Waals surface area contributed by atoms with E-state index in [2.05, 4.69) is 24.2 Å². The Morgan fingerprint density at radius 3 is 2.25 bits per heavy atom. The van der Waals surface area contributed by atoms with Crippen molar-refractivity contribution in [3.05, 3.63) is 0 Å². The van der Waals surface area contributed by atoms with Gasteiger partial charge in [-0.15, -0.1) is 0 Å². The average molecular weight is 226 g/mol. The lowest BCUT2D eigenvalue weighted by molar-refractivity contribution is -0.0517. The van der Waals surface area contributed by atoms with Crippen molar-refractivity contribution in [3.63, 3.8) is 0 Å². The summed E-state index contributed by atoms with van der Waals surface area (Å²) in [7, 11) is 0. The van der Waals surface area contributed by atoms with E-state index in [4.69, 9.17) is 4.84 Å². The first-order valence-electron chi connectivity index (χ1n) is 6.91. The van der Waals surface area contributed by atoms with Gasteiger partial charge in [-0.1, -0.05) is 12.8 Å². The molecule has 0 aromatic carbocycles. The summed E-state index contributed by atoms with van der Waals surface area (Å²) in [4.78, 5) is 8.32. The summed E-state index contributed by atoms with van der Waals surface area (Å²) in [6.45, 7) is 6.98. The van der Waals surface area contributed by atoms with Crippen LogP contribution in [0.4, 0.5) is 0 Å². The Bertz CT molecular complexity index is 194. The van der Waals surface area contributed by atoms with Crippen molar-refractivity contribution < 1.29 is 4.84 Å². The number of likely N-dealkylation sites (tertiary alicyclic amines) is 1. The second kappa shape index (κ2) is 5.99. The maximum Gasteiger partial charge on any atom is 0.0790 e. The molecule has 1 heterocycles. The van der Waals surface area contributed by atoms with Crippen LogP contribution in [0.1, 0.15) is 52.4 Å². The van der Waals surface area contributed by atoms with E-state index in [9.17, 15) is 0 Å². The number of nitrogens with zero attached hydrogens (tertiary/aromatic N) is 1. The highest BCUT2D eigenvalue weighted by Gasteiger charge is 2.22. The largest absolute Gasteiger partial charge is 0.301 e. The van der Waals surface area contributed by atoms with Gasteiger partial charge in [-0.2, -0.15) is 5.48 Å². The molecule has 0 aromatic heterocycles. The highest BCUT2D eigenvalue weighted by atomic mass is 16.7. The Hall–Kier alpha value is -0.120. The van der Waals surface area contributed by atoms with Crippen molar-refractivity contribution in [2.24, 2.45) is 0 Å². The van der Waals surface area contributed by atoms with Crippen LogP contribution in [0.15, 0.2) is 0 Å². The zero-order valence-corrected chi connectivity index (χ0v) is 10.7. The van der Waals surface area contributed by atoms with Gasteiger partial charge in [-0.25, -0.2) is 0 Å². The van der Waals surface area contributed by atoms with Crippen LogP contribution >= 0.6 is 0 Å². The third kappa shape index (κ3) is 3.44. The SMILES string of the molecule is CC(C)N1CCC(NOC2CCCC2)CC1. The molecule has 1 N–H and O–H groups in total. The highest BCUT2D eigenvalue weighted by Crippen LogP contribution is 2.21. The zero-order chi connectivity index (χ0) is 11.4. The van der Waals surface area contributed by atoms with Gasteiger partial charge in [0, 0.05) is 12.1 Å². The Kier molecular flexibility index (Phi) is 4.62. The fraction of sp³-hybridized carbons (Fsp3) is 1.00. The summed E-state index contributed by atoms with van der Waals surface area (Å²) in [5.41, 5.74) is 3.30. The van der Waals surface area contributed by atoms with Crippen LogP contribution in [0, 0.1) is 0 Å². The fourth-order valence-corrected chi connectivity index (χ4v) is 2.73. The molecule has 2 fully saturated rings. The van der Waals surface area contributed by atoms with E-state index >= 15 is 0 Å². The summed E-state index contributed by atoms with van der Waals surface area (Å²) in [5, 5.41) is 0. The van der Waals surface area contributed by atoms with Crippen molar-refractivity contribution in [3.8, 4) is 0 Å². The van der Waals surface area contributed by atoms with Gasteiger partial charge in [0.1, 0.15) is 0 Å². The monoisotopic (exact) mass is 226 g/mol. The molecule has 0 atom stereocenters. The molecule has 0 bridgehead atoms. The fourth-order valence-electron chi connectivity index (χ4n) is 2.73. The molecule has 1 saturated carbocycles. The summed E-state index contributed by atoms with van der Waals surface area (Å²) >= 11 is 0. The topological polar surface area (TPSA) is 24.5 Å². The first-order chi connectivity index (χ1) is 7.75. The molecule has 3 nitrogen and oxygen atoms in total. The Morgan fingerprint density at radius 2 is 1.69 bits per heavy atom. The maximum atomic E-state index is 5.77. The van der Waals surface area contributed by atoms with Gasteiger partial charge in [-0.05, 0) is 52.6 Å². The minimum Gasteiger partial charge on any atom is -0.301 e. The zero-order valence-electron chi connectivity index (χ0n) is 10.7. The molecular weight excluding hydrogens is 200 g/mol. The van der Waals surface area contributed by atoms with Crippen molar-refractivity contribution in [1.82, 2.24) is 10.4 Å². The van der Waals surface area contributed by atoms with E-state index in [1.165, 1.54) is 51.6 Å². The van der Waals surface area contributed by atoms with Crippen LogP contribution in [0.5, 0.6) is 0 Å². The molecule has 0 spiro atoms. The maximum absolute atomic E-state index is 5.77. The van der Waals surface area contributed by atoms with Crippen molar-refractivity contribution in [1.29, 1.82) is 0 Å². The van der Waals surface area contributed by atoms with Crippen LogP contribution in [0.3, 0.4) is 0 Å². The van der Waals surface area contributed by atoms with Gasteiger partial charge in [0.25, 0.3) is 0 Å². The number of hydroxylamine groups is 1. The number of nitrogens with one attached hydrogen (secondary N) is 1. The van der Waals surface area contributed by atoms with Crippen LogP contribution < -0.4 is 5.48 Å². The van der Waals surface area contributed by atoms with E-state index < -0.39 is 0 Å². The predicted octanol–water partition coefficient (Wildman–Crippen LogP) is 2.32. The molecule has 3 heteroatoms. The molecule has 1 aliphatic carbocycles. The van der Waals surface area contributed by atoms with Crippen molar-refractivity contribution in [2.75, 3.05) is 13.1 Å². The lowest BCUT2D eigenvalue weighted by atomic mass is 10.0. The highest BCUT2D eigenvalue weighted by molar-refractivity contribution is 4.77.